The second-order valence-corrected chi connectivity index (χ2v) is 7.50. The highest BCUT2D eigenvalue weighted by molar-refractivity contribution is 5.98. The van der Waals surface area contributed by atoms with Gasteiger partial charge < -0.3 is 14.8 Å². The molecule has 1 aliphatic carbocycles. The molecule has 1 N–H and O–H groups in total. The smallest absolute Gasteiger partial charge is 0.251 e. The molecule has 0 saturated heterocycles. The van der Waals surface area contributed by atoms with Gasteiger partial charge in [-0.2, -0.15) is 0 Å². The highest BCUT2D eigenvalue weighted by atomic mass is 16.5. The van der Waals surface area contributed by atoms with Crippen LogP contribution in [-0.2, 0) is 0 Å². The first-order valence-electron chi connectivity index (χ1n) is 10.1. The minimum absolute atomic E-state index is 0.0341. The van der Waals surface area contributed by atoms with E-state index in [1.54, 1.807) is 20.4 Å². The van der Waals surface area contributed by atoms with Gasteiger partial charge in [-0.15, -0.1) is 0 Å². The lowest BCUT2D eigenvalue weighted by Gasteiger charge is -2.33. The molecule has 1 fully saturated rings. The van der Waals surface area contributed by atoms with Gasteiger partial charge in [0.05, 0.1) is 19.7 Å². The van der Waals surface area contributed by atoms with Crippen LogP contribution in [0.1, 0.15) is 47.5 Å². The Morgan fingerprint density at radius 1 is 1.00 bits per heavy atom. The quantitative estimate of drug-likeness (QED) is 0.685. The molecule has 1 aliphatic rings. The molecular formula is C24H26N2O3. The predicted molar refractivity (Wildman–Crippen MR) is 114 cm³/mol. The molecule has 3 aromatic rings. The average molecular weight is 390 g/mol. The number of fused-ring (bicyclic) bond motifs is 1. The summed E-state index contributed by atoms with van der Waals surface area (Å²) in [5.74, 6) is 1.67. The number of pyridine rings is 1. The summed E-state index contributed by atoms with van der Waals surface area (Å²) < 4.78 is 10.8. The summed E-state index contributed by atoms with van der Waals surface area (Å²) in [4.78, 5) is 17.3. The summed E-state index contributed by atoms with van der Waals surface area (Å²) in [6.45, 7) is 0. The van der Waals surface area contributed by atoms with Gasteiger partial charge in [-0.3, -0.25) is 9.78 Å². The van der Waals surface area contributed by atoms with Crippen molar-refractivity contribution < 1.29 is 14.3 Å². The van der Waals surface area contributed by atoms with Gasteiger partial charge in [0, 0.05) is 29.1 Å². The molecule has 0 aliphatic heterocycles. The number of amides is 1. The maximum Gasteiger partial charge on any atom is 0.251 e. The molecule has 2 atom stereocenters. The van der Waals surface area contributed by atoms with Crippen molar-refractivity contribution in [3.8, 4) is 11.5 Å². The summed E-state index contributed by atoms with van der Waals surface area (Å²) in [5, 5.41) is 4.26. The Morgan fingerprint density at radius 2 is 1.83 bits per heavy atom. The van der Waals surface area contributed by atoms with Crippen LogP contribution < -0.4 is 14.8 Å². The molecule has 0 radical (unpaired) electrons. The lowest BCUT2D eigenvalue weighted by molar-refractivity contribution is 0.0921. The van der Waals surface area contributed by atoms with E-state index >= 15 is 0 Å². The molecule has 150 valence electrons. The van der Waals surface area contributed by atoms with Gasteiger partial charge in [0.25, 0.3) is 5.91 Å². The van der Waals surface area contributed by atoms with E-state index in [4.69, 9.17) is 9.47 Å². The van der Waals surface area contributed by atoms with Crippen LogP contribution in [0.15, 0.2) is 54.7 Å². The fourth-order valence-electron chi connectivity index (χ4n) is 4.25. The van der Waals surface area contributed by atoms with Crippen molar-refractivity contribution >= 4 is 16.8 Å². The highest BCUT2D eigenvalue weighted by Gasteiger charge is 2.29. The third-order valence-corrected chi connectivity index (χ3v) is 5.78. The van der Waals surface area contributed by atoms with E-state index in [0.29, 0.717) is 5.56 Å². The van der Waals surface area contributed by atoms with Gasteiger partial charge in [0.2, 0.25) is 0 Å². The number of hydrogen-bond acceptors (Lipinski definition) is 4. The fraction of sp³-hybridized carbons (Fsp3) is 0.333. The molecule has 5 heteroatoms. The molecule has 1 amide bonds. The maximum absolute atomic E-state index is 13.0. The van der Waals surface area contributed by atoms with Gasteiger partial charge in [0.1, 0.15) is 0 Å². The molecule has 1 heterocycles. The minimum Gasteiger partial charge on any atom is -0.493 e. The zero-order valence-corrected chi connectivity index (χ0v) is 16.9. The molecule has 0 unspecified atom stereocenters. The number of rotatable bonds is 5. The minimum atomic E-state index is -0.0341. The summed E-state index contributed by atoms with van der Waals surface area (Å²) in [6, 6.07) is 15.7. The van der Waals surface area contributed by atoms with E-state index in [9.17, 15) is 4.79 Å². The largest absolute Gasteiger partial charge is 0.493 e. The number of ether oxygens (including phenoxy) is 2. The Morgan fingerprint density at radius 3 is 2.66 bits per heavy atom. The van der Waals surface area contributed by atoms with Crippen LogP contribution in [0.25, 0.3) is 10.9 Å². The molecular weight excluding hydrogens is 364 g/mol. The molecule has 1 aromatic heterocycles. The number of aromatic nitrogens is 1. The van der Waals surface area contributed by atoms with E-state index in [1.807, 2.05) is 42.5 Å². The predicted octanol–water partition coefficient (Wildman–Crippen LogP) is 4.71. The van der Waals surface area contributed by atoms with E-state index in [-0.39, 0.29) is 17.9 Å². The number of carbonyl (C=O) groups excluding carboxylic acids is 1. The molecule has 0 spiro atoms. The zero-order chi connectivity index (χ0) is 20.2. The van der Waals surface area contributed by atoms with Crippen LogP contribution >= 0.6 is 0 Å². The second kappa shape index (κ2) is 8.52. The zero-order valence-electron chi connectivity index (χ0n) is 16.9. The van der Waals surface area contributed by atoms with Crippen LogP contribution in [0, 0.1) is 0 Å². The van der Waals surface area contributed by atoms with Gasteiger partial charge in [-0.05, 0) is 54.8 Å². The Bertz CT molecular complexity index is 1020. The normalized spacial score (nSPS) is 19.0. The number of carbonyl (C=O) groups is 1. The number of nitrogens with one attached hydrogen (secondary N) is 1. The van der Waals surface area contributed by atoms with Crippen LogP contribution in [-0.4, -0.2) is 31.2 Å². The van der Waals surface area contributed by atoms with Crippen LogP contribution in [0.2, 0.25) is 0 Å². The van der Waals surface area contributed by atoms with Crippen molar-refractivity contribution in [1.82, 2.24) is 10.3 Å². The first kappa shape index (κ1) is 19.2. The lowest BCUT2D eigenvalue weighted by Crippen LogP contribution is -2.41. The van der Waals surface area contributed by atoms with Crippen LogP contribution in [0.5, 0.6) is 11.5 Å². The van der Waals surface area contributed by atoms with E-state index in [2.05, 4.69) is 16.4 Å². The molecule has 29 heavy (non-hydrogen) atoms. The van der Waals surface area contributed by atoms with Crippen molar-refractivity contribution in [3.63, 3.8) is 0 Å². The number of methoxy groups -OCH3 is 2. The molecule has 4 rings (SSSR count). The summed E-state index contributed by atoms with van der Waals surface area (Å²) in [7, 11) is 3.29. The number of nitrogens with zero attached hydrogens (tertiary/aromatic N) is 1. The SMILES string of the molecule is COc1ccc([C@H]2CCCC[C@H]2NC(=O)c2ccc3ncccc3c2)cc1OC. The molecule has 2 aromatic carbocycles. The van der Waals surface area contributed by atoms with Crippen molar-refractivity contribution in [1.29, 1.82) is 0 Å². The third-order valence-electron chi connectivity index (χ3n) is 5.78. The second-order valence-electron chi connectivity index (χ2n) is 7.50. The summed E-state index contributed by atoms with van der Waals surface area (Å²) in [5.41, 5.74) is 2.74. The number of benzene rings is 2. The maximum atomic E-state index is 13.0. The average Bonchev–Trinajstić information content (AvgIpc) is 2.78. The lowest BCUT2D eigenvalue weighted by atomic mass is 9.79. The van der Waals surface area contributed by atoms with Crippen molar-refractivity contribution in [2.75, 3.05) is 14.2 Å². The van der Waals surface area contributed by atoms with Crippen molar-refractivity contribution in [3.05, 3.63) is 65.9 Å². The van der Waals surface area contributed by atoms with Crippen molar-refractivity contribution in [2.45, 2.75) is 37.6 Å². The highest BCUT2D eigenvalue weighted by Crippen LogP contribution is 2.37. The third kappa shape index (κ3) is 4.04. The van der Waals surface area contributed by atoms with Gasteiger partial charge >= 0.3 is 0 Å². The summed E-state index contributed by atoms with van der Waals surface area (Å²) in [6.07, 6.45) is 6.06. The first-order chi connectivity index (χ1) is 14.2. The Kier molecular flexibility index (Phi) is 5.65. The number of hydrogen-bond donors (Lipinski definition) is 1. The van der Waals surface area contributed by atoms with E-state index in [1.165, 1.54) is 5.56 Å². The van der Waals surface area contributed by atoms with Crippen LogP contribution in [0.4, 0.5) is 0 Å². The molecule has 5 nitrogen and oxygen atoms in total. The van der Waals surface area contributed by atoms with Gasteiger partial charge in [0.15, 0.2) is 11.5 Å². The van der Waals surface area contributed by atoms with E-state index in [0.717, 1.165) is 48.1 Å². The molecule has 0 bridgehead atoms. The fourth-order valence-corrected chi connectivity index (χ4v) is 4.25. The first-order valence-corrected chi connectivity index (χ1v) is 10.1. The standard InChI is InChI=1S/C24H26N2O3/c1-28-22-12-10-16(15-23(22)29-2)19-7-3-4-8-21(19)26-24(27)18-9-11-20-17(14-18)6-5-13-25-20/h5-6,9-15,19,21H,3-4,7-8H2,1-2H3,(H,26,27)/t19-,21-/m1/s1. The van der Waals surface area contributed by atoms with Crippen molar-refractivity contribution in [2.24, 2.45) is 0 Å². The monoisotopic (exact) mass is 390 g/mol. The summed E-state index contributed by atoms with van der Waals surface area (Å²) >= 11 is 0. The van der Waals surface area contributed by atoms with Crippen LogP contribution in [0.3, 0.4) is 0 Å². The molecule has 1 saturated carbocycles. The Balaban J connectivity index is 1.56. The topological polar surface area (TPSA) is 60.5 Å². The Labute approximate surface area is 171 Å². The Hall–Kier alpha value is -3.08. The van der Waals surface area contributed by atoms with E-state index < -0.39 is 0 Å². The van der Waals surface area contributed by atoms with Gasteiger partial charge in [-0.1, -0.05) is 25.0 Å². The van der Waals surface area contributed by atoms with Gasteiger partial charge in [-0.25, -0.2) is 0 Å².